The van der Waals surface area contributed by atoms with E-state index in [4.69, 9.17) is 0 Å². The van der Waals surface area contributed by atoms with Crippen LogP contribution in [0.15, 0.2) is 11.1 Å². The number of ketones is 2. The predicted octanol–water partition coefficient (Wildman–Crippen LogP) is 5.11. The van der Waals surface area contributed by atoms with Crippen LogP contribution in [0.2, 0.25) is 0 Å². The Balaban J connectivity index is 1.76. The van der Waals surface area contributed by atoms with Gasteiger partial charge in [0.25, 0.3) is 0 Å². The highest BCUT2D eigenvalue weighted by molar-refractivity contribution is 6.49. The molecule has 180 valence electrons. The number of aliphatic hydroxyl groups is 2. The zero-order valence-electron chi connectivity index (χ0n) is 21.0. The Bertz CT molecular complexity index is 825. The zero-order valence-corrected chi connectivity index (χ0v) is 21.0. The summed E-state index contributed by atoms with van der Waals surface area (Å²) in [6, 6.07) is 0. The number of aliphatic hydroxyl groups excluding tert-OH is 2. The van der Waals surface area contributed by atoms with Crippen LogP contribution < -0.4 is 0 Å². The third kappa shape index (κ3) is 3.15. The lowest BCUT2D eigenvalue weighted by molar-refractivity contribution is -0.150. The summed E-state index contributed by atoms with van der Waals surface area (Å²) >= 11 is 0. The van der Waals surface area contributed by atoms with E-state index in [0.717, 1.165) is 43.3 Å². The number of carbonyl (C=O) groups excluding carboxylic acids is 2. The quantitative estimate of drug-likeness (QED) is 0.578. The van der Waals surface area contributed by atoms with Crippen molar-refractivity contribution in [3.05, 3.63) is 11.1 Å². The summed E-state index contributed by atoms with van der Waals surface area (Å²) in [7, 11) is 0. The molecule has 0 heterocycles. The maximum absolute atomic E-state index is 13.2. The van der Waals surface area contributed by atoms with Gasteiger partial charge >= 0.3 is 0 Å². The van der Waals surface area contributed by atoms with Crippen molar-refractivity contribution in [1.29, 1.82) is 0 Å². The second-order valence-corrected chi connectivity index (χ2v) is 12.6. The molecule has 4 nitrogen and oxygen atoms in total. The molecule has 0 spiro atoms. The molecule has 4 aliphatic rings. The zero-order chi connectivity index (χ0) is 23.6. The van der Waals surface area contributed by atoms with E-state index in [1.54, 1.807) is 0 Å². The van der Waals surface area contributed by atoms with Crippen molar-refractivity contribution in [3.63, 3.8) is 0 Å². The van der Waals surface area contributed by atoms with E-state index >= 15 is 0 Å². The summed E-state index contributed by atoms with van der Waals surface area (Å²) in [5.74, 6) is 1.27. The molecule has 2 N–H and O–H groups in total. The minimum absolute atomic E-state index is 0.0156. The van der Waals surface area contributed by atoms with Crippen LogP contribution in [-0.4, -0.2) is 34.5 Å². The standard InChI is InChI=1S/C28H44O4/c1-16(2)22-23-19-7-8-21-26(5,13-10-18(4)30)17(3)9-12-27(21,6)20(19)11-14-28(23,15-29)25(32)24(22)31/h16-21,29-30H,7-15H2,1-6H3. The highest BCUT2D eigenvalue weighted by atomic mass is 16.3. The highest BCUT2D eigenvalue weighted by Crippen LogP contribution is 2.69. The van der Waals surface area contributed by atoms with Gasteiger partial charge in [-0.05, 0) is 104 Å². The Morgan fingerprint density at radius 1 is 1.03 bits per heavy atom. The summed E-state index contributed by atoms with van der Waals surface area (Å²) in [5, 5.41) is 20.5. The number of hydrogen-bond donors (Lipinski definition) is 2. The molecule has 0 saturated heterocycles. The van der Waals surface area contributed by atoms with E-state index in [9.17, 15) is 19.8 Å². The van der Waals surface area contributed by atoms with E-state index in [0.29, 0.717) is 24.2 Å². The SMILES string of the molecule is CC(O)CCC1(C)C(C)CCC2(C)C3CCC4(CO)C(=O)C(=O)C(C(C)C)=C4C3CCC12. The summed E-state index contributed by atoms with van der Waals surface area (Å²) in [6.07, 6.45) is 7.69. The van der Waals surface area contributed by atoms with Gasteiger partial charge in [0.15, 0.2) is 0 Å². The fourth-order valence-electron chi connectivity index (χ4n) is 8.91. The lowest BCUT2D eigenvalue weighted by Gasteiger charge is -2.64. The number of hydrogen-bond acceptors (Lipinski definition) is 4. The molecule has 8 atom stereocenters. The largest absolute Gasteiger partial charge is 0.395 e. The first kappa shape index (κ1) is 24.1. The molecule has 0 radical (unpaired) electrons. The van der Waals surface area contributed by atoms with Gasteiger partial charge in [0.1, 0.15) is 0 Å². The van der Waals surface area contributed by atoms with Crippen LogP contribution in [-0.2, 0) is 9.59 Å². The van der Waals surface area contributed by atoms with Gasteiger partial charge in [0.05, 0.1) is 18.1 Å². The maximum atomic E-state index is 13.2. The molecule has 0 aromatic heterocycles. The fraction of sp³-hybridized carbons (Fsp3) is 0.857. The van der Waals surface area contributed by atoms with Gasteiger partial charge in [-0.15, -0.1) is 0 Å². The second kappa shape index (κ2) is 8.05. The molecule has 3 saturated carbocycles. The van der Waals surface area contributed by atoms with Gasteiger partial charge in [-0.3, -0.25) is 9.59 Å². The summed E-state index contributed by atoms with van der Waals surface area (Å²) < 4.78 is 0. The first-order chi connectivity index (χ1) is 14.9. The van der Waals surface area contributed by atoms with Crippen molar-refractivity contribution in [3.8, 4) is 0 Å². The van der Waals surface area contributed by atoms with Crippen molar-refractivity contribution in [2.75, 3.05) is 6.61 Å². The summed E-state index contributed by atoms with van der Waals surface area (Å²) in [5.41, 5.74) is 1.19. The minimum atomic E-state index is -0.946. The summed E-state index contributed by atoms with van der Waals surface area (Å²) in [6.45, 7) is 13.1. The first-order valence-corrected chi connectivity index (χ1v) is 13.1. The average Bonchev–Trinajstić information content (AvgIpc) is 2.97. The average molecular weight is 445 g/mol. The van der Waals surface area contributed by atoms with Crippen LogP contribution in [0.5, 0.6) is 0 Å². The van der Waals surface area contributed by atoms with Crippen molar-refractivity contribution in [1.82, 2.24) is 0 Å². The first-order valence-electron chi connectivity index (χ1n) is 13.1. The Morgan fingerprint density at radius 3 is 2.31 bits per heavy atom. The van der Waals surface area contributed by atoms with Crippen LogP contribution in [0.4, 0.5) is 0 Å². The van der Waals surface area contributed by atoms with Crippen LogP contribution in [0.1, 0.15) is 92.9 Å². The number of carbonyl (C=O) groups is 2. The molecule has 4 aliphatic carbocycles. The van der Waals surface area contributed by atoms with Gasteiger partial charge in [0, 0.05) is 5.57 Å². The van der Waals surface area contributed by atoms with Gasteiger partial charge in [-0.1, -0.05) is 34.6 Å². The molecular formula is C28H44O4. The molecule has 4 heteroatoms. The molecule has 4 rings (SSSR count). The van der Waals surface area contributed by atoms with Crippen molar-refractivity contribution in [2.24, 2.45) is 45.8 Å². The fourth-order valence-corrected chi connectivity index (χ4v) is 8.91. The lowest BCUT2D eigenvalue weighted by atomic mass is 9.40. The molecule has 0 aliphatic heterocycles. The Morgan fingerprint density at radius 2 is 1.72 bits per heavy atom. The van der Waals surface area contributed by atoms with Gasteiger partial charge in [0.2, 0.25) is 11.6 Å². The molecule has 8 unspecified atom stereocenters. The van der Waals surface area contributed by atoms with Crippen molar-refractivity contribution in [2.45, 2.75) is 99.0 Å². The van der Waals surface area contributed by atoms with Crippen LogP contribution in [0.25, 0.3) is 0 Å². The second-order valence-electron chi connectivity index (χ2n) is 12.6. The predicted molar refractivity (Wildman–Crippen MR) is 126 cm³/mol. The molecule has 0 aromatic rings. The molecule has 3 fully saturated rings. The van der Waals surface area contributed by atoms with Gasteiger partial charge < -0.3 is 10.2 Å². The lowest BCUT2D eigenvalue weighted by Crippen LogP contribution is -2.58. The molecule has 0 aromatic carbocycles. The van der Waals surface area contributed by atoms with E-state index in [2.05, 4.69) is 20.8 Å². The Hall–Kier alpha value is -1.00. The van der Waals surface area contributed by atoms with Crippen LogP contribution in [0, 0.1) is 45.8 Å². The number of rotatable bonds is 5. The summed E-state index contributed by atoms with van der Waals surface area (Å²) in [4.78, 5) is 26.2. The van der Waals surface area contributed by atoms with Crippen LogP contribution in [0.3, 0.4) is 0 Å². The number of allylic oxidation sites excluding steroid dienone is 1. The number of Topliss-reactive ketones (excluding diaryl/α,β-unsaturated/α-hetero) is 2. The normalized spacial score (nSPS) is 45.0. The van der Waals surface area contributed by atoms with E-state index in [-0.39, 0.29) is 46.9 Å². The maximum Gasteiger partial charge on any atom is 0.225 e. The van der Waals surface area contributed by atoms with Gasteiger partial charge in [-0.2, -0.15) is 0 Å². The van der Waals surface area contributed by atoms with Crippen molar-refractivity contribution < 1.29 is 19.8 Å². The topological polar surface area (TPSA) is 74.6 Å². The molecule has 0 amide bonds. The molecule has 32 heavy (non-hydrogen) atoms. The van der Waals surface area contributed by atoms with Crippen LogP contribution >= 0.6 is 0 Å². The number of fused-ring (bicyclic) bond motifs is 5. The smallest absolute Gasteiger partial charge is 0.225 e. The molecular weight excluding hydrogens is 400 g/mol. The Kier molecular flexibility index (Phi) is 6.07. The van der Waals surface area contributed by atoms with E-state index in [1.807, 2.05) is 20.8 Å². The van der Waals surface area contributed by atoms with E-state index < -0.39 is 5.41 Å². The van der Waals surface area contributed by atoms with Crippen molar-refractivity contribution >= 4 is 11.6 Å². The highest BCUT2D eigenvalue weighted by Gasteiger charge is 2.65. The Labute approximate surface area is 194 Å². The van der Waals surface area contributed by atoms with E-state index in [1.165, 1.54) is 12.8 Å². The van der Waals surface area contributed by atoms with Gasteiger partial charge in [-0.25, -0.2) is 0 Å². The third-order valence-corrected chi connectivity index (χ3v) is 10.8. The minimum Gasteiger partial charge on any atom is -0.395 e. The molecule has 0 bridgehead atoms. The third-order valence-electron chi connectivity index (χ3n) is 10.8. The monoisotopic (exact) mass is 444 g/mol.